The Morgan fingerprint density at radius 3 is 2.15 bits per heavy atom. The van der Waals surface area contributed by atoms with E-state index in [0.29, 0.717) is 31.7 Å². The van der Waals surface area contributed by atoms with Gasteiger partial charge in [0.05, 0.1) is 12.1 Å². The molecule has 2 aromatic carbocycles. The first-order chi connectivity index (χ1) is 12.5. The zero-order chi connectivity index (χ0) is 18.7. The van der Waals surface area contributed by atoms with Gasteiger partial charge < -0.3 is 5.11 Å². The second kappa shape index (κ2) is 8.44. The van der Waals surface area contributed by atoms with Crippen LogP contribution < -0.4 is 0 Å². The topological polar surface area (TPSA) is 26.7 Å². The Bertz CT molecular complexity index is 721. The summed E-state index contributed by atoms with van der Waals surface area (Å²) in [7, 11) is 0. The van der Waals surface area contributed by atoms with Gasteiger partial charge in [0.2, 0.25) is 0 Å². The third-order valence-electron chi connectivity index (χ3n) is 4.83. The SMILES string of the molecule is CC(O)C(Cl)N1CCN(C(c2ccccc2)c2ccc(F)cc2F)CC1. The Morgan fingerprint density at radius 2 is 1.58 bits per heavy atom. The summed E-state index contributed by atoms with van der Waals surface area (Å²) in [5.74, 6) is -1.12. The predicted octanol–water partition coefficient (Wildman–Crippen LogP) is 3.62. The molecule has 1 N–H and O–H groups in total. The average Bonchev–Trinajstić information content (AvgIpc) is 2.64. The molecule has 0 radical (unpaired) electrons. The summed E-state index contributed by atoms with van der Waals surface area (Å²) in [4.78, 5) is 4.19. The molecular weight excluding hydrogens is 358 g/mol. The molecule has 3 nitrogen and oxygen atoms in total. The van der Waals surface area contributed by atoms with E-state index in [9.17, 15) is 13.9 Å². The van der Waals surface area contributed by atoms with Crippen LogP contribution in [0.1, 0.15) is 24.1 Å². The van der Waals surface area contributed by atoms with Crippen LogP contribution in [-0.4, -0.2) is 52.7 Å². The van der Waals surface area contributed by atoms with Gasteiger partial charge in [-0.3, -0.25) is 9.80 Å². The standard InChI is InChI=1S/C20H23ClF2N2O/c1-14(26)20(21)25-11-9-24(10-12-25)19(15-5-3-2-4-6-15)17-8-7-16(22)13-18(17)23/h2-8,13-14,19-20,26H,9-12H2,1H3. The van der Waals surface area contributed by atoms with Crippen LogP contribution in [0, 0.1) is 11.6 Å². The molecule has 0 spiro atoms. The summed E-state index contributed by atoms with van der Waals surface area (Å²) in [5.41, 5.74) is 0.989. The molecule has 26 heavy (non-hydrogen) atoms. The third kappa shape index (κ3) is 4.23. The van der Waals surface area contributed by atoms with Crippen molar-refractivity contribution in [2.75, 3.05) is 26.2 Å². The maximum absolute atomic E-state index is 14.5. The zero-order valence-electron chi connectivity index (χ0n) is 14.7. The lowest BCUT2D eigenvalue weighted by molar-refractivity contribution is 0.0522. The Kier molecular flexibility index (Phi) is 6.24. The molecule has 0 aliphatic carbocycles. The molecule has 2 aromatic rings. The van der Waals surface area contributed by atoms with Gasteiger partial charge in [-0.1, -0.05) is 36.4 Å². The fraction of sp³-hybridized carbons (Fsp3) is 0.400. The van der Waals surface area contributed by atoms with Gasteiger partial charge in [-0.25, -0.2) is 8.78 Å². The quantitative estimate of drug-likeness (QED) is 0.634. The van der Waals surface area contributed by atoms with Crippen molar-refractivity contribution in [1.29, 1.82) is 0 Å². The van der Waals surface area contributed by atoms with Gasteiger partial charge in [0, 0.05) is 37.8 Å². The number of alkyl halides is 1. The number of nitrogens with zero attached hydrogens (tertiary/aromatic N) is 2. The number of benzene rings is 2. The highest BCUT2D eigenvalue weighted by Gasteiger charge is 2.31. The normalized spacial score (nSPS) is 19.9. The maximum Gasteiger partial charge on any atom is 0.131 e. The first-order valence-corrected chi connectivity index (χ1v) is 9.21. The molecule has 1 aliphatic heterocycles. The summed E-state index contributed by atoms with van der Waals surface area (Å²) in [6.45, 7) is 4.36. The number of hydrogen-bond donors (Lipinski definition) is 1. The summed E-state index contributed by atoms with van der Waals surface area (Å²) < 4.78 is 27.9. The number of rotatable bonds is 5. The smallest absolute Gasteiger partial charge is 0.131 e. The first kappa shape index (κ1) is 19.2. The van der Waals surface area contributed by atoms with Gasteiger partial charge >= 0.3 is 0 Å². The van der Waals surface area contributed by atoms with Crippen LogP contribution in [0.15, 0.2) is 48.5 Å². The molecule has 0 amide bonds. The van der Waals surface area contributed by atoms with Gasteiger partial charge in [0.1, 0.15) is 17.1 Å². The minimum absolute atomic E-state index is 0.292. The first-order valence-electron chi connectivity index (χ1n) is 8.77. The van der Waals surface area contributed by atoms with Crippen LogP contribution in [0.3, 0.4) is 0 Å². The van der Waals surface area contributed by atoms with Gasteiger partial charge in [0.25, 0.3) is 0 Å². The van der Waals surface area contributed by atoms with Crippen LogP contribution >= 0.6 is 11.6 Å². The summed E-state index contributed by atoms with van der Waals surface area (Å²) in [6.07, 6.45) is -0.623. The van der Waals surface area contributed by atoms with Crippen LogP contribution in [-0.2, 0) is 0 Å². The summed E-state index contributed by atoms with van der Waals surface area (Å²) in [6, 6.07) is 13.1. The van der Waals surface area contributed by atoms with Gasteiger partial charge in [-0.05, 0) is 18.6 Å². The number of halogens is 3. The largest absolute Gasteiger partial charge is 0.390 e. The van der Waals surface area contributed by atoms with Crippen molar-refractivity contribution >= 4 is 11.6 Å². The Morgan fingerprint density at radius 1 is 0.962 bits per heavy atom. The predicted molar refractivity (Wildman–Crippen MR) is 99.1 cm³/mol. The van der Waals surface area contributed by atoms with Crippen molar-refractivity contribution in [3.05, 3.63) is 71.3 Å². The van der Waals surface area contributed by atoms with E-state index in [4.69, 9.17) is 11.6 Å². The van der Waals surface area contributed by atoms with Crippen molar-refractivity contribution in [2.24, 2.45) is 0 Å². The van der Waals surface area contributed by atoms with Crippen LogP contribution in [0.2, 0.25) is 0 Å². The lowest BCUT2D eigenvalue weighted by atomic mass is 9.95. The highest BCUT2D eigenvalue weighted by atomic mass is 35.5. The van der Waals surface area contributed by atoms with Gasteiger partial charge in [-0.15, -0.1) is 11.6 Å². The fourth-order valence-corrected chi connectivity index (χ4v) is 3.69. The third-order valence-corrected chi connectivity index (χ3v) is 5.47. The average molecular weight is 381 g/mol. The lowest BCUT2D eigenvalue weighted by Gasteiger charge is -2.41. The van der Waals surface area contributed by atoms with Crippen LogP contribution in [0.25, 0.3) is 0 Å². The molecule has 3 atom stereocenters. The summed E-state index contributed by atoms with van der Waals surface area (Å²) >= 11 is 6.25. The molecule has 3 unspecified atom stereocenters. The van der Waals surface area contributed by atoms with Crippen LogP contribution in [0.5, 0.6) is 0 Å². The van der Waals surface area contributed by atoms with E-state index in [1.807, 2.05) is 35.2 Å². The van der Waals surface area contributed by atoms with E-state index in [1.165, 1.54) is 12.1 Å². The maximum atomic E-state index is 14.5. The molecule has 140 valence electrons. The van der Waals surface area contributed by atoms with E-state index in [1.54, 1.807) is 6.92 Å². The van der Waals surface area contributed by atoms with Crippen molar-refractivity contribution in [3.8, 4) is 0 Å². The molecule has 0 aromatic heterocycles. The number of hydrogen-bond acceptors (Lipinski definition) is 3. The Labute approximate surface area is 157 Å². The van der Waals surface area contributed by atoms with Gasteiger partial charge in [0.15, 0.2) is 0 Å². The highest BCUT2D eigenvalue weighted by Crippen LogP contribution is 2.32. The molecule has 3 rings (SSSR count). The molecule has 0 bridgehead atoms. The van der Waals surface area contributed by atoms with Crippen molar-refractivity contribution in [3.63, 3.8) is 0 Å². The zero-order valence-corrected chi connectivity index (χ0v) is 15.4. The highest BCUT2D eigenvalue weighted by molar-refractivity contribution is 6.20. The molecular formula is C20H23ClF2N2O. The molecule has 0 saturated carbocycles. The lowest BCUT2D eigenvalue weighted by Crippen LogP contribution is -2.52. The molecule has 6 heteroatoms. The number of piperazine rings is 1. The molecule has 1 fully saturated rings. The molecule has 1 saturated heterocycles. The van der Waals surface area contributed by atoms with E-state index < -0.39 is 23.2 Å². The Hall–Kier alpha value is -1.53. The molecule has 1 aliphatic rings. The van der Waals surface area contributed by atoms with Gasteiger partial charge in [-0.2, -0.15) is 0 Å². The van der Waals surface area contributed by atoms with E-state index in [-0.39, 0.29) is 6.04 Å². The number of aliphatic hydroxyl groups is 1. The monoisotopic (exact) mass is 380 g/mol. The van der Waals surface area contributed by atoms with Crippen molar-refractivity contribution in [2.45, 2.75) is 24.6 Å². The summed E-state index contributed by atoms with van der Waals surface area (Å²) in [5, 5.41) is 9.69. The fourth-order valence-electron chi connectivity index (χ4n) is 3.49. The number of aliphatic hydroxyl groups excluding tert-OH is 1. The van der Waals surface area contributed by atoms with E-state index in [2.05, 4.69) is 4.90 Å². The van der Waals surface area contributed by atoms with E-state index >= 15 is 0 Å². The second-order valence-electron chi connectivity index (χ2n) is 6.66. The van der Waals surface area contributed by atoms with Crippen molar-refractivity contribution < 1.29 is 13.9 Å². The Balaban J connectivity index is 1.86. The van der Waals surface area contributed by atoms with Crippen molar-refractivity contribution in [1.82, 2.24) is 9.80 Å². The van der Waals surface area contributed by atoms with E-state index in [0.717, 1.165) is 11.6 Å². The minimum Gasteiger partial charge on any atom is -0.390 e. The molecule has 1 heterocycles. The second-order valence-corrected chi connectivity index (χ2v) is 7.11. The minimum atomic E-state index is -0.623. The van der Waals surface area contributed by atoms with Crippen LogP contribution in [0.4, 0.5) is 8.78 Å².